The minimum atomic E-state index is -0.547. The molecule has 2 rings (SSSR count). The van der Waals surface area contributed by atoms with Crippen LogP contribution in [-0.4, -0.2) is 15.6 Å². The minimum absolute atomic E-state index is 0.00238. The Kier molecular flexibility index (Phi) is 4.19. The molecule has 21 heavy (non-hydrogen) atoms. The zero-order valence-electron chi connectivity index (χ0n) is 10.5. The summed E-state index contributed by atoms with van der Waals surface area (Å²) in [6.07, 6.45) is 2.75. The third kappa shape index (κ3) is 3.57. The number of nitro groups is 2. The van der Waals surface area contributed by atoms with Crippen LogP contribution in [0.4, 0.5) is 10.7 Å². The van der Waals surface area contributed by atoms with Gasteiger partial charge in [-0.05, 0) is 30.4 Å². The maximum absolute atomic E-state index is 11.9. The van der Waals surface area contributed by atoms with Crippen LogP contribution in [0.1, 0.15) is 15.2 Å². The molecule has 0 fully saturated rings. The fourth-order valence-electron chi connectivity index (χ4n) is 1.53. The van der Waals surface area contributed by atoms with Crippen LogP contribution in [0.25, 0.3) is 6.08 Å². The topological polar surface area (TPSA) is 103 Å². The molecule has 0 aliphatic heterocycles. The van der Waals surface area contributed by atoms with Crippen molar-refractivity contribution in [3.8, 4) is 0 Å². The molecule has 8 heteroatoms. The summed E-state index contributed by atoms with van der Waals surface area (Å²) in [5, 5.41) is 21.0. The fourth-order valence-corrected chi connectivity index (χ4v) is 2.26. The van der Waals surface area contributed by atoms with E-state index in [1.807, 2.05) is 0 Å². The van der Waals surface area contributed by atoms with Crippen molar-refractivity contribution >= 4 is 33.9 Å². The Morgan fingerprint density at radius 3 is 2.19 bits per heavy atom. The molecule has 0 saturated carbocycles. The van der Waals surface area contributed by atoms with Crippen LogP contribution in [0, 0.1) is 20.2 Å². The highest BCUT2D eigenvalue weighted by Gasteiger charge is 2.09. The molecule has 0 spiro atoms. The van der Waals surface area contributed by atoms with Crippen LogP contribution >= 0.6 is 11.3 Å². The van der Waals surface area contributed by atoms with Gasteiger partial charge in [-0.2, -0.15) is 0 Å². The molecule has 0 atom stereocenters. The van der Waals surface area contributed by atoms with Gasteiger partial charge in [0, 0.05) is 28.6 Å². The highest BCUT2D eigenvalue weighted by atomic mass is 32.1. The Labute approximate surface area is 122 Å². The van der Waals surface area contributed by atoms with Gasteiger partial charge < -0.3 is 0 Å². The molecule has 1 heterocycles. The lowest BCUT2D eigenvalue weighted by molar-refractivity contribution is -0.384. The van der Waals surface area contributed by atoms with Gasteiger partial charge in [0.25, 0.3) is 5.69 Å². The summed E-state index contributed by atoms with van der Waals surface area (Å²) < 4.78 is 0. The average Bonchev–Trinajstić information content (AvgIpc) is 2.94. The predicted octanol–water partition coefficient (Wildman–Crippen LogP) is 3.46. The number of benzene rings is 1. The second kappa shape index (κ2) is 6.06. The number of hydrogen-bond acceptors (Lipinski definition) is 6. The Bertz CT molecular complexity index is 733. The Morgan fingerprint density at radius 1 is 1.00 bits per heavy atom. The van der Waals surface area contributed by atoms with E-state index >= 15 is 0 Å². The summed E-state index contributed by atoms with van der Waals surface area (Å²) in [7, 11) is 0. The van der Waals surface area contributed by atoms with Crippen molar-refractivity contribution in [3.63, 3.8) is 0 Å². The lowest BCUT2D eigenvalue weighted by atomic mass is 10.1. The number of rotatable bonds is 5. The molecule has 1 aromatic carbocycles. The van der Waals surface area contributed by atoms with Gasteiger partial charge in [-0.3, -0.25) is 25.0 Å². The number of non-ortho nitro benzene ring substituents is 1. The van der Waals surface area contributed by atoms with Crippen LogP contribution in [0.3, 0.4) is 0 Å². The molecule has 7 nitrogen and oxygen atoms in total. The summed E-state index contributed by atoms with van der Waals surface area (Å²) in [6, 6.07) is 8.13. The Hall–Kier alpha value is -2.87. The standard InChI is InChI=1S/C13H8N2O5S/c16-12(9-1-3-10(4-2-9)14(17)18)7-5-11-6-8-13(21-11)15(19)20/h1-8H/b7-5+. The molecule has 0 unspecified atom stereocenters. The predicted molar refractivity (Wildman–Crippen MR) is 77.4 cm³/mol. The summed E-state index contributed by atoms with van der Waals surface area (Å²) in [5.41, 5.74) is 0.215. The van der Waals surface area contributed by atoms with E-state index in [-0.39, 0.29) is 16.5 Å². The van der Waals surface area contributed by atoms with Gasteiger partial charge in [0.05, 0.1) is 9.85 Å². The zero-order chi connectivity index (χ0) is 15.4. The summed E-state index contributed by atoms with van der Waals surface area (Å²) in [4.78, 5) is 32.4. The molecule has 0 bridgehead atoms. The Balaban J connectivity index is 2.11. The number of carbonyl (C=O) groups is 1. The summed E-state index contributed by atoms with van der Waals surface area (Å²) >= 11 is 0.957. The number of hydrogen-bond donors (Lipinski definition) is 0. The van der Waals surface area contributed by atoms with Crippen molar-refractivity contribution in [3.05, 3.63) is 73.1 Å². The van der Waals surface area contributed by atoms with Crippen LogP contribution in [0.15, 0.2) is 42.5 Å². The molecule has 0 aliphatic carbocycles. The van der Waals surface area contributed by atoms with E-state index in [1.54, 1.807) is 6.07 Å². The van der Waals surface area contributed by atoms with Crippen LogP contribution in [0.2, 0.25) is 0 Å². The van der Waals surface area contributed by atoms with Gasteiger partial charge in [-0.1, -0.05) is 11.3 Å². The first-order valence-corrected chi connectivity index (χ1v) is 6.50. The number of carbonyl (C=O) groups excluding carboxylic acids is 1. The van der Waals surface area contributed by atoms with Gasteiger partial charge in [-0.15, -0.1) is 0 Å². The third-order valence-corrected chi connectivity index (χ3v) is 3.56. The van der Waals surface area contributed by atoms with Gasteiger partial charge in [0.2, 0.25) is 0 Å². The van der Waals surface area contributed by atoms with Crippen molar-refractivity contribution in [2.24, 2.45) is 0 Å². The normalized spacial score (nSPS) is 10.7. The molecule has 0 aliphatic rings. The second-order valence-electron chi connectivity index (χ2n) is 3.93. The van der Waals surface area contributed by atoms with Crippen molar-refractivity contribution in [2.45, 2.75) is 0 Å². The number of thiophene rings is 1. The average molecular weight is 304 g/mol. The Morgan fingerprint density at radius 2 is 1.67 bits per heavy atom. The number of nitrogens with zero attached hydrogens (tertiary/aromatic N) is 2. The van der Waals surface area contributed by atoms with Crippen LogP contribution in [-0.2, 0) is 0 Å². The molecule has 2 aromatic rings. The van der Waals surface area contributed by atoms with E-state index in [9.17, 15) is 25.0 Å². The molecule has 0 radical (unpaired) electrons. The monoisotopic (exact) mass is 304 g/mol. The van der Waals surface area contributed by atoms with E-state index in [2.05, 4.69) is 0 Å². The minimum Gasteiger partial charge on any atom is -0.289 e. The van der Waals surface area contributed by atoms with Gasteiger partial charge in [0.15, 0.2) is 5.78 Å². The molecule has 0 saturated heterocycles. The van der Waals surface area contributed by atoms with Gasteiger partial charge >= 0.3 is 5.00 Å². The molecule has 1 aromatic heterocycles. The SMILES string of the molecule is O=C(/C=C/c1ccc([N+](=O)[O-])s1)c1ccc([N+](=O)[O-])cc1. The van der Waals surface area contributed by atoms with E-state index < -0.39 is 9.85 Å². The summed E-state index contributed by atoms with van der Waals surface area (Å²) in [5.74, 6) is -0.332. The smallest absolute Gasteiger partial charge is 0.289 e. The second-order valence-corrected chi connectivity index (χ2v) is 5.03. The zero-order valence-corrected chi connectivity index (χ0v) is 11.3. The first-order valence-electron chi connectivity index (χ1n) is 5.68. The third-order valence-electron chi connectivity index (χ3n) is 2.55. The first-order chi connectivity index (χ1) is 9.97. The number of ketones is 1. The van der Waals surface area contributed by atoms with Crippen molar-refractivity contribution < 1.29 is 14.6 Å². The lowest BCUT2D eigenvalue weighted by Gasteiger charge is -1.95. The van der Waals surface area contributed by atoms with Crippen molar-refractivity contribution in [1.82, 2.24) is 0 Å². The van der Waals surface area contributed by atoms with Gasteiger partial charge in [-0.25, -0.2) is 0 Å². The molecule has 106 valence electrons. The quantitative estimate of drug-likeness (QED) is 0.364. The molecular weight excluding hydrogens is 296 g/mol. The van der Waals surface area contributed by atoms with Crippen molar-refractivity contribution in [1.29, 1.82) is 0 Å². The van der Waals surface area contributed by atoms with E-state index in [1.165, 1.54) is 42.5 Å². The van der Waals surface area contributed by atoms with Crippen LogP contribution in [0.5, 0.6) is 0 Å². The van der Waals surface area contributed by atoms with Crippen LogP contribution < -0.4 is 0 Å². The van der Waals surface area contributed by atoms with Crippen molar-refractivity contribution in [2.75, 3.05) is 0 Å². The highest BCUT2D eigenvalue weighted by molar-refractivity contribution is 7.16. The van der Waals surface area contributed by atoms with E-state index in [4.69, 9.17) is 0 Å². The fraction of sp³-hybridized carbons (Fsp3) is 0. The maximum atomic E-state index is 11.9. The number of allylic oxidation sites excluding steroid dienone is 1. The first kappa shape index (κ1) is 14.5. The lowest BCUT2D eigenvalue weighted by Crippen LogP contribution is -1.94. The van der Waals surface area contributed by atoms with Gasteiger partial charge in [0.1, 0.15) is 0 Å². The highest BCUT2D eigenvalue weighted by Crippen LogP contribution is 2.25. The molecule has 0 N–H and O–H groups in total. The largest absolute Gasteiger partial charge is 0.324 e. The van der Waals surface area contributed by atoms with E-state index in [0.29, 0.717) is 10.4 Å². The number of nitro benzene ring substituents is 1. The van der Waals surface area contributed by atoms with E-state index in [0.717, 1.165) is 11.3 Å². The maximum Gasteiger partial charge on any atom is 0.324 e. The molecular formula is C13H8N2O5S. The summed E-state index contributed by atoms with van der Waals surface area (Å²) in [6.45, 7) is 0. The molecule has 0 amide bonds.